The van der Waals surface area contributed by atoms with Crippen LogP contribution in [0.3, 0.4) is 0 Å². The third-order valence-electron chi connectivity index (χ3n) is 5.45. The van der Waals surface area contributed by atoms with Crippen LogP contribution in [0.1, 0.15) is 28.2 Å². The number of hydrogen-bond acceptors (Lipinski definition) is 7. The number of aromatic nitrogens is 2. The summed E-state index contributed by atoms with van der Waals surface area (Å²) in [4.78, 5) is 41.7. The van der Waals surface area contributed by atoms with Crippen molar-refractivity contribution in [2.45, 2.75) is 26.0 Å². The molecule has 2 aromatic carbocycles. The summed E-state index contributed by atoms with van der Waals surface area (Å²) in [5, 5.41) is 1.12. The van der Waals surface area contributed by atoms with Crippen molar-refractivity contribution in [3.63, 3.8) is 0 Å². The SMILES string of the molecule is COc1ccc2c(COC(=O)c3ccc4c(=O)n5c(nc4c3)CCC5)cc(=O)oc2c1. The summed E-state index contributed by atoms with van der Waals surface area (Å²) in [6, 6.07) is 11.1. The van der Waals surface area contributed by atoms with Gasteiger partial charge in [0, 0.05) is 36.0 Å². The number of fused-ring (bicyclic) bond motifs is 3. The standard InChI is InChI=1S/C23H18N2O6/c1-29-15-5-7-16-14(10-21(26)31-19(16)11-15)12-30-23(28)13-4-6-17-18(9-13)24-20-3-2-8-25(20)22(17)27/h4-7,9-11H,2-3,8,12H2,1H3. The van der Waals surface area contributed by atoms with E-state index in [1.165, 1.54) is 13.2 Å². The minimum Gasteiger partial charge on any atom is -0.497 e. The third kappa shape index (κ3) is 3.35. The van der Waals surface area contributed by atoms with Crippen molar-refractivity contribution >= 4 is 27.8 Å². The number of rotatable bonds is 4. The lowest BCUT2D eigenvalue weighted by molar-refractivity contribution is 0.0474. The Balaban J connectivity index is 1.43. The third-order valence-corrected chi connectivity index (χ3v) is 5.45. The molecule has 0 N–H and O–H groups in total. The number of carbonyl (C=O) groups is 1. The lowest BCUT2D eigenvalue weighted by atomic mass is 10.1. The average molecular weight is 418 g/mol. The Morgan fingerprint density at radius 3 is 2.81 bits per heavy atom. The van der Waals surface area contributed by atoms with Gasteiger partial charge in [-0.1, -0.05) is 0 Å². The molecule has 0 bridgehead atoms. The number of esters is 1. The molecule has 0 atom stereocenters. The van der Waals surface area contributed by atoms with Crippen LogP contribution in [0.15, 0.2) is 56.5 Å². The Labute approximate surface area is 175 Å². The van der Waals surface area contributed by atoms with Gasteiger partial charge in [-0.05, 0) is 36.8 Å². The molecule has 0 radical (unpaired) electrons. The Kier molecular flexibility index (Phi) is 4.54. The summed E-state index contributed by atoms with van der Waals surface area (Å²) < 4.78 is 17.5. The van der Waals surface area contributed by atoms with Gasteiger partial charge in [-0.2, -0.15) is 0 Å². The van der Waals surface area contributed by atoms with Crippen LogP contribution in [0.25, 0.3) is 21.9 Å². The predicted octanol–water partition coefficient (Wildman–Crippen LogP) is 2.81. The predicted molar refractivity (Wildman–Crippen MR) is 112 cm³/mol. The summed E-state index contributed by atoms with van der Waals surface area (Å²) >= 11 is 0. The molecule has 156 valence electrons. The second-order valence-electron chi connectivity index (χ2n) is 7.35. The van der Waals surface area contributed by atoms with Crippen molar-refractivity contribution in [1.82, 2.24) is 9.55 Å². The van der Waals surface area contributed by atoms with Gasteiger partial charge in [-0.3, -0.25) is 9.36 Å². The Bertz CT molecular complexity index is 1470. The first kappa shape index (κ1) is 19.0. The molecule has 0 amide bonds. The number of aryl methyl sites for hydroxylation is 1. The van der Waals surface area contributed by atoms with E-state index in [-0.39, 0.29) is 17.7 Å². The zero-order chi connectivity index (χ0) is 21.5. The van der Waals surface area contributed by atoms with Gasteiger partial charge in [0.2, 0.25) is 0 Å². The molecule has 0 unspecified atom stereocenters. The van der Waals surface area contributed by atoms with E-state index in [9.17, 15) is 14.4 Å². The normalized spacial score (nSPS) is 12.8. The molecule has 8 heteroatoms. The second kappa shape index (κ2) is 7.39. The van der Waals surface area contributed by atoms with E-state index in [1.807, 2.05) is 0 Å². The maximum Gasteiger partial charge on any atom is 0.338 e. The number of benzene rings is 2. The second-order valence-corrected chi connectivity index (χ2v) is 7.35. The van der Waals surface area contributed by atoms with Crippen molar-refractivity contribution in [3.05, 3.63) is 80.2 Å². The van der Waals surface area contributed by atoms with Crippen LogP contribution in [0.4, 0.5) is 0 Å². The van der Waals surface area contributed by atoms with Gasteiger partial charge in [0.15, 0.2) is 0 Å². The molecule has 0 spiro atoms. The number of ether oxygens (including phenoxy) is 2. The molecule has 0 fully saturated rings. The summed E-state index contributed by atoms with van der Waals surface area (Å²) in [6.07, 6.45) is 1.63. The molecule has 0 saturated heterocycles. The van der Waals surface area contributed by atoms with Gasteiger partial charge in [-0.25, -0.2) is 14.6 Å². The van der Waals surface area contributed by atoms with Crippen LogP contribution in [-0.2, 0) is 24.3 Å². The zero-order valence-corrected chi connectivity index (χ0v) is 16.7. The van der Waals surface area contributed by atoms with E-state index in [4.69, 9.17) is 13.9 Å². The summed E-state index contributed by atoms with van der Waals surface area (Å²) in [5.74, 6) is 0.718. The Morgan fingerprint density at radius 2 is 1.97 bits per heavy atom. The van der Waals surface area contributed by atoms with Gasteiger partial charge >= 0.3 is 11.6 Å². The molecule has 1 aliphatic rings. The van der Waals surface area contributed by atoms with Crippen molar-refractivity contribution < 1.29 is 18.7 Å². The van der Waals surface area contributed by atoms with E-state index in [1.54, 1.807) is 41.0 Å². The zero-order valence-electron chi connectivity index (χ0n) is 16.7. The van der Waals surface area contributed by atoms with E-state index >= 15 is 0 Å². The number of hydrogen-bond donors (Lipinski definition) is 0. The van der Waals surface area contributed by atoms with Crippen molar-refractivity contribution in [3.8, 4) is 5.75 Å². The monoisotopic (exact) mass is 418 g/mol. The van der Waals surface area contributed by atoms with E-state index in [2.05, 4.69) is 4.98 Å². The summed E-state index contributed by atoms with van der Waals surface area (Å²) in [7, 11) is 1.52. The van der Waals surface area contributed by atoms with Gasteiger partial charge in [0.25, 0.3) is 5.56 Å². The largest absolute Gasteiger partial charge is 0.497 e. The lowest BCUT2D eigenvalue weighted by Gasteiger charge is -2.09. The number of carbonyl (C=O) groups excluding carboxylic acids is 1. The molecule has 31 heavy (non-hydrogen) atoms. The molecule has 8 nitrogen and oxygen atoms in total. The van der Waals surface area contributed by atoms with E-state index < -0.39 is 11.6 Å². The topological polar surface area (TPSA) is 101 Å². The highest BCUT2D eigenvalue weighted by atomic mass is 16.5. The highest BCUT2D eigenvalue weighted by Crippen LogP contribution is 2.23. The first-order valence-electron chi connectivity index (χ1n) is 9.85. The quantitative estimate of drug-likeness (QED) is 0.371. The molecule has 2 aromatic heterocycles. The number of methoxy groups -OCH3 is 1. The molecular weight excluding hydrogens is 400 g/mol. The molecule has 0 saturated carbocycles. The molecular formula is C23H18N2O6. The van der Waals surface area contributed by atoms with Gasteiger partial charge in [0.1, 0.15) is 23.8 Å². The Morgan fingerprint density at radius 1 is 1.13 bits per heavy atom. The van der Waals surface area contributed by atoms with E-state index in [0.717, 1.165) is 18.7 Å². The van der Waals surface area contributed by atoms with Crippen molar-refractivity contribution in [2.24, 2.45) is 0 Å². The molecule has 3 heterocycles. The summed E-state index contributed by atoms with van der Waals surface area (Å²) in [5.41, 5.74) is 1.01. The first-order chi connectivity index (χ1) is 15.0. The smallest absolute Gasteiger partial charge is 0.338 e. The van der Waals surface area contributed by atoms with Gasteiger partial charge in [-0.15, -0.1) is 0 Å². The van der Waals surface area contributed by atoms with Crippen LogP contribution < -0.4 is 15.9 Å². The highest BCUT2D eigenvalue weighted by Gasteiger charge is 2.18. The fourth-order valence-electron chi connectivity index (χ4n) is 3.89. The molecule has 4 aromatic rings. The fraction of sp³-hybridized carbons (Fsp3) is 0.217. The van der Waals surface area contributed by atoms with Crippen LogP contribution in [0.2, 0.25) is 0 Å². The fourth-order valence-corrected chi connectivity index (χ4v) is 3.89. The number of nitrogens with zero attached hydrogens (tertiary/aromatic N) is 2. The molecule has 0 aliphatic carbocycles. The van der Waals surface area contributed by atoms with Crippen LogP contribution in [-0.4, -0.2) is 22.6 Å². The lowest BCUT2D eigenvalue weighted by Crippen LogP contribution is -2.21. The van der Waals surface area contributed by atoms with E-state index in [0.29, 0.717) is 39.7 Å². The maximum absolute atomic E-state index is 12.6. The van der Waals surface area contributed by atoms with Crippen molar-refractivity contribution in [2.75, 3.05) is 7.11 Å². The van der Waals surface area contributed by atoms with Gasteiger partial charge in [0.05, 0.1) is 23.6 Å². The summed E-state index contributed by atoms with van der Waals surface area (Å²) in [6.45, 7) is 0.567. The minimum atomic E-state index is -0.570. The average Bonchev–Trinajstić information content (AvgIpc) is 3.25. The maximum atomic E-state index is 12.6. The highest BCUT2D eigenvalue weighted by molar-refractivity contribution is 5.94. The van der Waals surface area contributed by atoms with Crippen LogP contribution in [0, 0.1) is 0 Å². The molecule has 5 rings (SSSR count). The minimum absolute atomic E-state index is 0.0877. The van der Waals surface area contributed by atoms with Crippen LogP contribution >= 0.6 is 0 Å². The molecule has 1 aliphatic heterocycles. The van der Waals surface area contributed by atoms with Gasteiger partial charge < -0.3 is 13.9 Å². The first-order valence-corrected chi connectivity index (χ1v) is 9.85. The Hall–Kier alpha value is -3.94. The van der Waals surface area contributed by atoms with Crippen LogP contribution in [0.5, 0.6) is 5.75 Å². The van der Waals surface area contributed by atoms with Crippen molar-refractivity contribution in [1.29, 1.82) is 0 Å².